The second-order valence-electron chi connectivity index (χ2n) is 5.05. The average Bonchev–Trinajstić information content (AvgIpc) is 3.06. The van der Waals surface area contributed by atoms with E-state index in [1.807, 2.05) is 12.1 Å². The maximum atomic E-state index is 5.68. The molecule has 1 aromatic rings. The Balaban J connectivity index is 1.61. The van der Waals surface area contributed by atoms with Crippen LogP contribution in [0.25, 0.3) is 0 Å². The van der Waals surface area contributed by atoms with Gasteiger partial charge in [0.25, 0.3) is 0 Å². The van der Waals surface area contributed by atoms with Gasteiger partial charge in [0, 0.05) is 12.1 Å². The molecule has 1 saturated carbocycles. The number of rotatable bonds is 4. The van der Waals surface area contributed by atoms with Gasteiger partial charge in [-0.3, -0.25) is 0 Å². The Hall–Kier alpha value is -1.22. The molecule has 3 heteroatoms. The third kappa shape index (κ3) is 2.39. The van der Waals surface area contributed by atoms with Gasteiger partial charge in [-0.1, -0.05) is 19.1 Å². The fraction of sp³-hybridized carbons (Fsp3) is 0.571. The van der Waals surface area contributed by atoms with Crippen molar-refractivity contribution in [2.45, 2.75) is 19.9 Å². The molecular weight excluding hydrogens is 214 g/mol. The lowest BCUT2D eigenvalue weighted by molar-refractivity contribution is 0.169. The van der Waals surface area contributed by atoms with Crippen molar-refractivity contribution >= 4 is 0 Å². The molecule has 0 spiro atoms. The maximum Gasteiger partial charge on any atom is 0.165 e. The first-order valence-corrected chi connectivity index (χ1v) is 6.43. The summed E-state index contributed by atoms with van der Waals surface area (Å²) >= 11 is 0. The van der Waals surface area contributed by atoms with Gasteiger partial charge in [-0.25, -0.2) is 0 Å². The lowest BCUT2D eigenvalue weighted by Crippen LogP contribution is -2.20. The molecule has 1 aliphatic heterocycles. The van der Waals surface area contributed by atoms with Crippen molar-refractivity contribution in [2.24, 2.45) is 11.8 Å². The van der Waals surface area contributed by atoms with Gasteiger partial charge in [0.1, 0.15) is 13.2 Å². The van der Waals surface area contributed by atoms with Gasteiger partial charge in [0.2, 0.25) is 0 Å². The second kappa shape index (κ2) is 4.57. The third-order valence-electron chi connectivity index (χ3n) is 3.65. The summed E-state index contributed by atoms with van der Waals surface area (Å²) in [7, 11) is 0. The number of hydrogen-bond acceptors (Lipinski definition) is 3. The summed E-state index contributed by atoms with van der Waals surface area (Å²) in [4.78, 5) is 0. The molecule has 2 aliphatic rings. The highest BCUT2D eigenvalue weighted by Crippen LogP contribution is 2.37. The molecule has 1 aromatic carbocycles. The number of fused-ring (bicyclic) bond motifs is 1. The Morgan fingerprint density at radius 3 is 2.94 bits per heavy atom. The lowest BCUT2D eigenvalue weighted by Gasteiger charge is -2.21. The minimum atomic E-state index is 0.656. The van der Waals surface area contributed by atoms with Crippen molar-refractivity contribution in [3.63, 3.8) is 0 Å². The van der Waals surface area contributed by atoms with E-state index in [1.54, 1.807) is 0 Å². The standard InChI is InChI=1S/C14H19NO2/c1-10-7-12(10)9-15-8-11-3-2-4-13-14(11)17-6-5-16-13/h2-4,10,12,15H,5-9H2,1H3. The SMILES string of the molecule is CC1CC1CNCc1cccc2c1OCCO2. The van der Waals surface area contributed by atoms with E-state index in [4.69, 9.17) is 9.47 Å². The molecule has 1 heterocycles. The highest BCUT2D eigenvalue weighted by molar-refractivity contribution is 5.47. The van der Waals surface area contributed by atoms with Crippen LogP contribution in [0.15, 0.2) is 18.2 Å². The van der Waals surface area contributed by atoms with Crippen LogP contribution in [0.5, 0.6) is 11.5 Å². The van der Waals surface area contributed by atoms with Crippen molar-refractivity contribution in [2.75, 3.05) is 19.8 Å². The van der Waals surface area contributed by atoms with Crippen LogP contribution >= 0.6 is 0 Å². The normalized spacial score (nSPS) is 25.7. The molecule has 0 amide bonds. The largest absolute Gasteiger partial charge is 0.486 e. The zero-order chi connectivity index (χ0) is 11.7. The highest BCUT2D eigenvalue weighted by Gasteiger charge is 2.31. The molecule has 0 aromatic heterocycles. The summed E-state index contributed by atoms with van der Waals surface area (Å²) in [5.74, 6) is 3.60. The first kappa shape index (κ1) is 10.9. The van der Waals surface area contributed by atoms with E-state index >= 15 is 0 Å². The van der Waals surface area contributed by atoms with Crippen LogP contribution < -0.4 is 14.8 Å². The molecular formula is C14H19NO2. The van der Waals surface area contributed by atoms with Gasteiger partial charge in [-0.2, -0.15) is 0 Å². The smallest absolute Gasteiger partial charge is 0.165 e. The summed E-state index contributed by atoms with van der Waals surface area (Å²) in [6.45, 7) is 5.61. The molecule has 2 atom stereocenters. The van der Waals surface area contributed by atoms with Crippen LogP contribution in [0.2, 0.25) is 0 Å². The second-order valence-corrected chi connectivity index (χ2v) is 5.05. The van der Waals surface area contributed by atoms with Crippen molar-refractivity contribution < 1.29 is 9.47 Å². The van der Waals surface area contributed by atoms with Gasteiger partial charge in [0.05, 0.1) is 0 Å². The Morgan fingerprint density at radius 1 is 1.29 bits per heavy atom. The fourth-order valence-electron chi connectivity index (χ4n) is 2.35. The minimum absolute atomic E-state index is 0.656. The van der Waals surface area contributed by atoms with Gasteiger partial charge in [-0.15, -0.1) is 0 Å². The monoisotopic (exact) mass is 233 g/mol. The third-order valence-corrected chi connectivity index (χ3v) is 3.65. The van der Waals surface area contributed by atoms with Crippen molar-refractivity contribution in [1.29, 1.82) is 0 Å². The van der Waals surface area contributed by atoms with Crippen LogP contribution in [0, 0.1) is 11.8 Å². The number of benzene rings is 1. The van der Waals surface area contributed by atoms with E-state index in [-0.39, 0.29) is 0 Å². The molecule has 3 nitrogen and oxygen atoms in total. The van der Waals surface area contributed by atoms with Gasteiger partial charge >= 0.3 is 0 Å². The van der Waals surface area contributed by atoms with Gasteiger partial charge in [-0.05, 0) is 30.9 Å². The summed E-state index contributed by atoms with van der Waals surface area (Å²) in [5.41, 5.74) is 1.20. The zero-order valence-corrected chi connectivity index (χ0v) is 10.2. The molecule has 1 fully saturated rings. The summed E-state index contributed by atoms with van der Waals surface area (Å²) in [6, 6.07) is 6.11. The fourth-order valence-corrected chi connectivity index (χ4v) is 2.35. The average molecular weight is 233 g/mol. The Kier molecular flexibility index (Phi) is 2.93. The van der Waals surface area contributed by atoms with E-state index in [1.165, 1.54) is 12.0 Å². The molecule has 0 radical (unpaired) electrons. The van der Waals surface area contributed by atoms with Gasteiger partial charge in [0.15, 0.2) is 11.5 Å². The Bertz CT molecular complexity index is 405. The number of nitrogens with one attached hydrogen (secondary N) is 1. The van der Waals surface area contributed by atoms with Crippen molar-refractivity contribution in [3.05, 3.63) is 23.8 Å². The zero-order valence-electron chi connectivity index (χ0n) is 10.2. The molecule has 92 valence electrons. The van der Waals surface area contributed by atoms with Crippen LogP contribution in [0.4, 0.5) is 0 Å². The molecule has 1 N–H and O–H groups in total. The highest BCUT2D eigenvalue weighted by atomic mass is 16.6. The molecule has 17 heavy (non-hydrogen) atoms. The maximum absolute atomic E-state index is 5.68. The molecule has 0 saturated heterocycles. The number of ether oxygens (including phenoxy) is 2. The molecule has 3 rings (SSSR count). The predicted octanol–water partition coefficient (Wildman–Crippen LogP) is 2.20. The Morgan fingerprint density at radius 2 is 2.12 bits per heavy atom. The molecule has 1 aliphatic carbocycles. The summed E-state index contributed by atoms with van der Waals surface area (Å²) in [5, 5.41) is 3.51. The topological polar surface area (TPSA) is 30.5 Å². The quantitative estimate of drug-likeness (QED) is 0.865. The van der Waals surface area contributed by atoms with Crippen LogP contribution in [0.3, 0.4) is 0 Å². The summed E-state index contributed by atoms with van der Waals surface area (Å²) < 4.78 is 11.3. The Labute approximate surface area is 102 Å². The van der Waals surface area contributed by atoms with E-state index in [0.717, 1.165) is 36.4 Å². The van der Waals surface area contributed by atoms with Crippen LogP contribution in [-0.4, -0.2) is 19.8 Å². The minimum Gasteiger partial charge on any atom is -0.486 e. The van der Waals surface area contributed by atoms with E-state index in [0.29, 0.717) is 13.2 Å². The van der Waals surface area contributed by atoms with Gasteiger partial charge < -0.3 is 14.8 Å². The number of hydrogen-bond donors (Lipinski definition) is 1. The molecule has 2 unspecified atom stereocenters. The number of para-hydroxylation sites is 1. The lowest BCUT2D eigenvalue weighted by atomic mass is 10.1. The molecule has 0 bridgehead atoms. The van der Waals surface area contributed by atoms with E-state index in [2.05, 4.69) is 18.3 Å². The predicted molar refractivity (Wildman–Crippen MR) is 66.4 cm³/mol. The van der Waals surface area contributed by atoms with Crippen LogP contribution in [0.1, 0.15) is 18.9 Å². The van der Waals surface area contributed by atoms with E-state index < -0.39 is 0 Å². The van der Waals surface area contributed by atoms with Crippen molar-refractivity contribution in [3.8, 4) is 11.5 Å². The first-order valence-electron chi connectivity index (χ1n) is 6.43. The van der Waals surface area contributed by atoms with Crippen molar-refractivity contribution in [1.82, 2.24) is 5.32 Å². The summed E-state index contributed by atoms with van der Waals surface area (Å²) in [6.07, 6.45) is 1.37. The van der Waals surface area contributed by atoms with E-state index in [9.17, 15) is 0 Å². The van der Waals surface area contributed by atoms with Crippen LogP contribution in [-0.2, 0) is 6.54 Å². The first-order chi connectivity index (χ1) is 8.34.